The summed E-state index contributed by atoms with van der Waals surface area (Å²) in [5.74, 6) is -4.67. The summed E-state index contributed by atoms with van der Waals surface area (Å²) in [7, 11) is 0. The van der Waals surface area contributed by atoms with Gasteiger partial charge in [0.2, 0.25) is 5.91 Å². The number of hydrogen-bond donors (Lipinski definition) is 10. The van der Waals surface area contributed by atoms with Crippen molar-refractivity contribution in [2.24, 2.45) is 46.7 Å². The molecular weight excluding hydrogens is 769 g/mol. The predicted octanol–water partition coefficient (Wildman–Crippen LogP) is 2.59. The van der Waals surface area contributed by atoms with Gasteiger partial charge in [-0.05, 0) is 101 Å². The zero-order chi connectivity index (χ0) is 44.5. The maximum Gasteiger partial charge on any atom is 0.238 e. The third-order valence-electron chi connectivity index (χ3n) is 13.8. The number of likely N-dealkylation sites (tertiary alicyclic amines) is 1. The van der Waals surface area contributed by atoms with Crippen molar-refractivity contribution in [1.82, 2.24) is 10.2 Å². The minimum absolute atomic E-state index is 0.0264. The Morgan fingerprint density at radius 1 is 1.00 bits per heavy atom. The van der Waals surface area contributed by atoms with Gasteiger partial charge in [-0.3, -0.25) is 19.8 Å². The first-order chi connectivity index (χ1) is 28.3. The van der Waals surface area contributed by atoms with Crippen LogP contribution in [0.1, 0.15) is 98.8 Å². The lowest BCUT2D eigenvalue weighted by Gasteiger charge is -2.53. The fourth-order valence-corrected chi connectivity index (χ4v) is 10.0. The average molecular weight is 841 g/mol. The van der Waals surface area contributed by atoms with Crippen LogP contribution in [0.3, 0.4) is 0 Å². The molecule has 15 atom stereocenters. The van der Waals surface area contributed by atoms with Crippen LogP contribution < -0.4 is 11.1 Å². The van der Waals surface area contributed by atoms with E-state index in [1.807, 2.05) is 31.7 Å². The molecule has 0 aromatic rings. The highest BCUT2D eigenvalue weighted by atomic mass is 16.3. The van der Waals surface area contributed by atoms with E-state index in [1.165, 1.54) is 0 Å². The topological polar surface area (TPSA) is 258 Å². The van der Waals surface area contributed by atoms with Crippen molar-refractivity contribution in [2.75, 3.05) is 13.1 Å². The van der Waals surface area contributed by atoms with E-state index in [4.69, 9.17) is 11.1 Å². The van der Waals surface area contributed by atoms with E-state index in [9.17, 15) is 50.1 Å². The van der Waals surface area contributed by atoms with E-state index < -0.39 is 77.5 Å². The zero-order valence-electron chi connectivity index (χ0n) is 36.1. The molecule has 14 heteroatoms. The standard InChI is InChI=1S/C46H72N4O10/c1-26(37(54)13-7-11-31(51)10-6-12-33(53)24-30-9-8-22-50(30)45(47)48)14-17-32(52)18-15-27(2)41(57)28(3)16-19-35-29(4)23-34-36(20-21-38(55)42(34)58)46(35,5)43(59)40-39(56)25-49-44(40)60/h6-7,10,13-15,17,23,26,28,30-38,40-42,51-55,57-58H,8-9,11-12,16,18-22,24-25H2,1-5H3,(H3,47,48)(H,49,60)/b10-6+,13-7+,17-14+,27-15+. The van der Waals surface area contributed by atoms with E-state index in [-0.39, 0.29) is 55.1 Å². The molecule has 0 bridgehead atoms. The molecule has 14 nitrogen and oxygen atoms in total. The lowest BCUT2D eigenvalue weighted by Crippen LogP contribution is -2.57. The minimum Gasteiger partial charge on any atom is -0.393 e. The molecule has 0 spiro atoms. The molecule has 2 saturated heterocycles. The number of rotatable bonds is 20. The van der Waals surface area contributed by atoms with Gasteiger partial charge in [-0.25, -0.2) is 0 Å². The molecule has 11 N–H and O–H groups in total. The molecule has 4 rings (SSSR count). The minimum atomic E-state index is -1.40. The highest BCUT2D eigenvalue weighted by molar-refractivity contribution is 6.24. The second-order valence-corrected chi connectivity index (χ2v) is 18.2. The van der Waals surface area contributed by atoms with Gasteiger partial charge < -0.3 is 51.7 Å². The fraction of sp³-hybridized carbons (Fsp3) is 0.696. The van der Waals surface area contributed by atoms with Crippen LogP contribution in [0.25, 0.3) is 0 Å². The van der Waals surface area contributed by atoms with Crippen LogP contribution in [-0.4, -0.2) is 126 Å². The van der Waals surface area contributed by atoms with Crippen LogP contribution in [0.2, 0.25) is 0 Å². The Kier molecular flexibility index (Phi) is 18.1. The lowest BCUT2D eigenvalue weighted by atomic mass is 9.50. The molecule has 4 aliphatic rings. The Morgan fingerprint density at radius 2 is 1.68 bits per heavy atom. The summed E-state index contributed by atoms with van der Waals surface area (Å²) in [6.07, 6.45) is 12.7. The molecule has 0 aromatic heterocycles. The molecule has 2 heterocycles. The van der Waals surface area contributed by atoms with Crippen LogP contribution in [0, 0.1) is 46.3 Å². The smallest absolute Gasteiger partial charge is 0.238 e. The monoisotopic (exact) mass is 841 g/mol. The summed E-state index contributed by atoms with van der Waals surface area (Å²) in [4.78, 5) is 41.6. The van der Waals surface area contributed by atoms with Gasteiger partial charge in [0.25, 0.3) is 0 Å². The second kappa shape index (κ2) is 22.0. The van der Waals surface area contributed by atoms with Gasteiger partial charge in [-0.15, -0.1) is 0 Å². The first kappa shape index (κ1) is 49.2. The van der Waals surface area contributed by atoms with E-state index >= 15 is 0 Å². The number of carbonyl (C=O) groups is 3. The molecule has 2 aliphatic carbocycles. The van der Waals surface area contributed by atoms with Gasteiger partial charge in [-0.1, -0.05) is 75.0 Å². The normalized spacial score (nSPS) is 32.5. The number of guanidine groups is 1. The zero-order valence-corrected chi connectivity index (χ0v) is 36.1. The molecule has 60 heavy (non-hydrogen) atoms. The number of Topliss-reactive ketones (excluding diaryl/α,β-unsaturated/α-hetero) is 2. The lowest BCUT2D eigenvalue weighted by molar-refractivity contribution is -0.153. The number of fused-ring (bicyclic) bond motifs is 1. The van der Waals surface area contributed by atoms with Crippen molar-refractivity contribution in [1.29, 1.82) is 5.41 Å². The first-order valence-electron chi connectivity index (χ1n) is 21.9. The number of carbonyl (C=O) groups excluding carboxylic acids is 3. The molecule has 1 amide bonds. The highest BCUT2D eigenvalue weighted by Crippen LogP contribution is 2.56. The molecule has 0 radical (unpaired) electrons. The molecule has 0 aromatic carbocycles. The number of allylic oxidation sites excluding steroid dienone is 1. The van der Waals surface area contributed by atoms with Crippen molar-refractivity contribution >= 4 is 23.4 Å². The maximum atomic E-state index is 14.3. The number of nitrogens with zero attached hydrogens (tertiary/aromatic N) is 1. The molecule has 336 valence electrons. The predicted molar refractivity (Wildman–Crippen MR) is 229 cm³/mol. The third kappa shape index (κ3) is 12.1. The molecule has 2 aliphatic heterocycles. The number of amides is 1. The van der Waals surface area contributed by atoms with Crippen molar-refractivity contribution < 1.29 is 50.1 Å². The van der Waals surface area contributed by atoms with E-state index in [1.54, 1.807) is 56.4 Å². The largest absolute Gasteiger partial charge is 0.393 e. The van der Waals surface area contributed by atoms with Gasteiger partial charge in [0.15, 0.2) is 23.4 Å². The Labute approximate surface area is 355 Å². The van der Waals surface area contributed by atoms with Gasteiger partial charge >= 0.3 is 0 Å². The third-order valence-corrected chi connectivity index (χ3v) is 13.8. The summed E-state index contributed by atoms with van der Waals surface area (Å²) in [6.45, 7) is 9.74. The van der Waals surface area contributed by atoms with E-state index in [0.29, 0.717) is 44.1 Å². The summed E-state index contributed by atoms with van der Waals surface area (Å²) < 4.78 is 0. The van der Waals surface area contributed by atoms with Crippen LogP contribution >= 0.6 is 0 Å². The van der Waals surface area contributed by atoms with Crippen molar-refractivity contribution in [3.8, 4) is 0 Å². The maximum absolute atomic E-state index is 14.3. The number of nitrogens with one attached hydrogen (secondary N) is 2. The Morgan fingerprint density at radius 3 is 2.35 bits per heavy atom. The van der Waals surface area contributed by atoms with E-state index in [0.717, 1.165) is 25.0 Å². The van der Waals surface area contributed by atoms with Crippen molar-refractivity contribution in [3.63, 3.8) is 0 Å². The van der Waals surface area contributed by atoms with Gasteiger partial charge in [-0.2, -0.15) is 0 Å². The SMILES string of the molecule is CC1=CC2C(O)C(O)CCC2C(C)(C(=O)C2C(=O)CNC2=O)C1CCC(C)C(O)/C(C)=C/CC(O)/C=C/C(C)C(O)/C=C/CC(O)/C=C/CC(O)CC1CCCN1C(=N)N. The van der Waals surface area contributed by atoms with Crippen molar-refractivity contribution in [2.45, 2.75) is 148 Å². The molecule has 3 fully saturated rings. The Balaban J connectivity index is 1.25. The highest BCUT2D eigenvalue weighted by Gasteiger charge is 2.59. The van der Waals surface area contributed by atoms with Crippen LogP contribution in [0.4, 0.5) is 0 Å². The van der Waals surface area contributed by atoms with Gasteiger partial charge in [0, 0.05) is 29.8 Å². The average Bonchev–Trinajstić information content (AvgIpc) is 3.81. The number of aliphatic hydroxyl groups is 7. The fourth-order valence-electron chi connectivity index (χ4n) is 10.0. The van der Waals surface area contributed by atoms with Gasteiger partial charge in [0.1, 0.15) is 0 Å². The summed E-state index contributed by atoms with van der Waals surface area (Å²) in [6, 6.07) is 0.0525. The molecule has 1 saturated carbocycles. The number of nitrogens with two attached hydrogens (primary N) is 1. The Hall–Kier alpha value is -3.50. The second-order valence-electron chi connectivity index (χ2n) is 18.2. The number of aliphatic hydroxyl groups excluding tert-OH is 7. The van der Waals surface area contributed by atoms with Gasteiger partial charge in [0.05, 0.1) is 49.3 Å². The summed E-state index contributed by atoms with van der Waals surface area (Å²) in [5, 5.41) is 85.0. The van der Waals surface area contributed by atoms with Crippen LogP contribution in [-0.2, 0) is 14.4 Å². The summed E-state index contributed by atoms with van der Waals surface area (Å²) >= 11 is 0. The van der Waals surface area contributed by atoms with Crippen LogP contribution in [0.15, 0.2) is 59.8 Å². The van der Waals surface area contributed by atoms with Crippen molar-refractivity contribution in [3.05, 3.63) is 59.8 Å². The number of ketones is 2. The van der Waals surface area contributed by atoms with Crippen LogP contribution in [0.5, 0.6) is 0 Å². The molecule has 15 unspecified atom stereocenters. The quantitative estimate of drug-likeness (QED) is 0.0368. The number of hydrogen-bond acceptors (Lipinski definition) is 11. The Bertz CT molecular complexity index is 1640. The first-order valence-corrected chi connectivity index (χ1v) is 21.9. The summed E-state index contributed by atoms with van der Waals surface area (Å²) in [5.41, 5.74) is 6.01. The molecular formula is C46H72N4O10. The van der Waals surface area contributed by atoms with E-state index in [2.05, 4.69) is 5.32 Å².